The molecule has 2 atom stereocenters. The predicted octanol–water partition coefficient (Wildman–Crippen LogP) is 2.32. The molecule has 0 aromatic carbocycles. The molecule has 2 N–H and O–H groups in total. The van der Waals surface area contributed by atoms with Crippen molar-refractivity contribution in [3.05, 3.63) is 23.7 Å². The van der Waals surface area contributed by atoms with Gasteiger partial charge in [-0.05, 0) is 24.0 Å². The van der Waals surface area contributed by atoms with Crippen LogP contribution in [0.5, 0.6) is 0 Å². The van der Waals surface area contributed by atoms with E-state index in [9.17, 15) is 0 Å². The predicted molar refractivity (Wildman–Crippen MR) is 50.0 cm³/mol. The molecule has 3 heteroatoms. The van der Waals surface area contributed by atoms with Crippen LogP contribution in [0.25, 0.3) is 0 Å². The molecule has 13 heavy (non-hydrogen) atoms. The molecule has 1 rings (SSSR count). The van der Waals surface area contributed by atoms with Crippen LogP contribution in [-0.4, -0.2) is 0 Å². The van der Waals surface area contributed by atoms with Gasteiger partial charge in [0.25, 0.3) is 0 Å². The summed E-state index contributed by atoms with van der Waals surface area (Å²) < 4.78 is 5.19. The van der Waals surface area contributed by atoms with E-state index >= 15 is 0 Å². The zero-order chi connectivity index (χ0) is 9.84. The lowest BCUT2D eigenvalue weighted by Crippen LogP contribution is -2.05. The maximum atomic E-state index is 8.56. The first kappa shape index (κ1) is 9.82. The van der Waals surface area contributed by atoms with Crippen molar-refractivity contribution in [1.82, 2.24) is 0 Å². The quantitative estimate of drug-likeness (QED) is 0.772. The van der Waals surface area contributed by atoms with E-state index in [2.05, 4.69) is 13.8 Å². The third-order valence-corrected chi connectivity index (χ3v) is 2.27. The smallest absolute Gasteiger partial charge is 0.151 e. The van der Waals surface area contributed by atoms with E-state index in [4.69, 9.17) is 15.4 Å². The number of furan rings is 1. The zero-order valence-corrected chi connectivity index (χ0v) is 7.95. The van der Waals surface area contributed by atoms with Crippen molar-refractivity contribution in [2.24, 2.45) is 5.73 Å². The Morgan fingerprint density at radius 3 is 2.92 bits per heavy atom. The van der Waals surface area contributed by atoms with E-state index in [1.807, 2.05) is 12.1 Å². The molecule has 0 bridgehead atoms. The molecule has 1 aromatic heterocycles. The molecule has 0 spiro atoms. The van der Waals surface area contributed by atoms with Crippen molar-refractivity contribution in [3.63, 3.8) is 0 Å². The number of nitrogens with two attached hydrogens (primary N) is 1. The van der Waals surface area contributed by atoms with Crippen LogP contribution in [0.15, 0.2) is 16.7 Å². The highest BCUT2D eigenvalue weighted by Gasteiger charge is 2.12. The van der Waals surface area contributed by atoms with E-state index < -0.39 is 6.04 Å². The average molecular weight is 178 g/mol. The summed E-state index contributed by atoms with van der Waals surface area (Å²) in [6.45, 7) is 4.23. The van der Waals surface area contributed by atoms with Crippen LogP contribution < -0.4 is 5.73 Å². The summed E-state index contributed by atoms with van der Waals surface area (Å²) in [5.74, 6) is 1.01. The fourth-order valence-corrected chi connectivity index (χ4v) is 1.09. The fraction of sp³-hybridized carbons (Fsp3) is 0.500. The van der Waals surface area contributed by atoms with Gasteiger partial charge in [-0.3, -0.25) is 0 Å². The molecule has 1 heterocycles. The molecule has 0 saturated carbocycles. The van der Waals surface area contributed by atoms with Gasteiger partial charge >= 0.3 is 0 Å². The van der Waals surface area contributed by atoms with E-state index in [1.165, 1.54) is 0 Å². The second-order valence-corrected chi connectivity index (χ2v) is 3.20. The summed E-state index contributed by atoms with van der Waals surface area (Å²) in [6, 6.07) is 3.16. The number of hydrogen-bond donors (Lipinski definition) is 1. The van der Waals surface area contributed by atoms with Crippen molar-refractivity contribution < 1.29 is 4.42 Å². The van der Waals surface area contributed by atoms with Gasteiger partial charge in [-0.15, -0.1) is 0 Å². The molecule has 0 fully saturated rings. The molecule has 0 radical (unpaired) electrons. The van der Waals surface area contributed by atoms with Crippen molar-refractivity contribution in [3.8, 4) is 6.07 Å². The molecule has 70 valence electrons. The first-order valence-corrected chi connectivity index (χ1v) is 4.42. The van der Waals surface area contributed by atoms with Crippen LogP contribution in [0.1, 0.15) is 43.6 Å². The van der Waals surface area contributed by atoms with E-state index in [0.29, 0.717) is 11.7 Å². The van der Waals surface area contributed by atoms with Crippen molar-refractivity contribution >= 4 is 0 Å². The van der Waals surface area contributed by atoms with Crippen molar-refractivity contribution in [2.45, 2.75) is 32.2 Å². The third kappa shape index (κ3) is 2.10. The molecule has 1 aromatic rings. The topological polar surface area (TPSA) is 62.9 Å². The van der Waals surface area contributed by atoms with Gasteiger partial charge in [-0.25, -0.2) is 0 Å². The lowest BCUT2D eigenvalue weighted by molar-refractivity contribution is 0.493. The van der Waals surface area contributed by atoms with Gasteiger partial charge in [0.2, 0.25) is 0 Å². The zero-order valence-electron chi connectivity index (χ0n) is 7.95. The summed E-state index contributed by atoms with van der Waals surface area (Å²) in [5, 5.41) is 8.56. The Balaban J connectivity index is 2.81. The maximum Gasteiger partial charge on any atom is 0.151 e. The van der Waals surface area contributed by atoms with Crippen molar-refractivity contribution in [2.75, 3.05) is 0 Å². The van der Waals surface area contributed by atoms with Gasteiger partial charge in [0.15, 0.2) is 6.04 Å². The minimum absolute atomic E-state index is 0.461. The summed E-state index contributed by atoms with van der Waals surface area (Å²) >= 11 is 0. The Labute approximate surface area is 78.1 Å². The van der Waals surface area contributed by atoms with E-state index in [1.54, 1.807) is 6.26 Å². The highest BCUT2D eigenvalue weighted by molar-refractivity contribution is 5.21. The SMILES string of the molecule is CCC(C)c1coc(C(N)C#N)c1. The van der Waals surface area contributed by atoms with Gasteiger partial charge in [0.05, 0.1) is 12.3 Å². The Morgan fingerprint density at radius 1 is 1.69 bits per heavy atom. The summed E-state index contributed by atoms with van der Waals surface area (Å²) in [5.41, 5.74) is 6.61. The van der Waals surface area contributed by atoms with Crippen molar-refractivity contribution in [1.29, 1.82) is 5.26 Å². The van der Waals surface area contributed by atoms with Gasteiger partial charge in [0, 0.05) is 0 Å². The number of rotatable bonds is 3. The van der Waals surface area contributed by atoms with Gasteiger partial charge in [-0.2, -0.15) is 5.26 Å². The first-order chi connectivity index (χ1) is 6.19. The molecule has 0 aliphatic heterocycles. The van der Waals surface area contributed by atoms with Gasteiger partial charge in [0.1, 0.15) is 5.76 Å². The average Bonchev–Trinajstić information content (AvgIpc) is 2.64. The standard InChI is InChI=1S/C10H14N2O/c1-3-7(2)8-4-10(13-6-8)9(12)5-11/h4,6-7,9H,3,12H2,1-2H3. The fourth-order valence-electron chi connectivity index (χ4n) is 1.09. The normalized spacial score (nSPS) is 14.9. The summed E-state index contributed by atoms with van der Waals surface area (Å²) in [6.07, 6.45) is 2.74. The maximum absolute atomic E-state index is 8.56. The van der Waals surface area contributed by atoms with Gasteiger partial charge in [-0.1, -0.05) is 13.8 Å². The highest BCUT2D eigenvalue weighted by atomic mass is 16.3. The van der Waals surface area contributed by atoms with Crippen LogP contribution in [-0.2, 0) is 0 Å². The number of hydrogen-bond acceptors (Lipinski definition) is 3. The Hall–Kier alpha value is -1.27. The lowest BCUT2D eigenvalue weighted by atomic mass is 10.0. The Kier molecular flexibility index (Phi) is 3.10. The lowest BCUT2D eigenvalue weighted by Gasteiger charge is -2.02. The molecular weight excluding hydrogens is 164 g/mol. The Morgan fingerprint density at radius 2 is 2.38 bits per heavy atom. The van der Waals surface area contributed by atoms with Crippen LogP contribution in [0.3, 0.4) is 0 Å². The second kappa shape index (κ2) is 4.11. The summed E-state index contributed by atoms with van der Waals surface area (Å²) in [4.78, 5) is 0. The van der Waals surface area contributed by atoms with Crippen LogP contribution in [0.4, 0.5) is 0 Å². The molecule has 2 unspecified atom stereocenters. The first-order valence-electron chi connectivity index (χ1n) is 4.42. The summed E-state index contributed by atoms with van der Waals surface area (Å²) in [7, 11) is 0. The third-order valence-electron chi connectivity index (χ3n) is 2.27. The molecule has 3 nitrogen and oxygen atoms in total. The van der Waals surface area contributed by atoms with E-state index in [-0.39, 0.29) is 0 Å². The molecule has 0 amide bonds. The molecule has 0 aliphatic carbocycles. The van der Waals surface area contributed by atoms with Crippen LogP contribution in [0.2, 0.25) is 0 Å². The Bertz CT molecular complexity index is 311. The molecular formula is C10H14N2O. The van der Waals surface area contributed by atoms with Crippen LogP contribution >= 0.6 is 0 Å². The monoisotopic (exact) mass is 178 g/mol. The van der Waals surface area contributed by atoms with Gasteiger partial charge < -0.3 is 10.2 Å². The second-order valence-electron chi connectivity index (χ2n) is 3.20. The highest BCUT2D eigenvalue weighted by Crippen LogP contribution is 2.23. The largest absolute Gasteiger partial charge is 0.466 e. The minimum Gasteiger partial charge on any atom is -0.466 e. The molecule has 0 aliphatic rings. The van der Waals surface area contributed by atoms with Crippen LogP contribution in [0, 0.1) is 11.3 Å². The minimum atomic E-state index is -0.641. The number of nitriles is 1. The number of nitrogens with zero attached hydrogens (tertiary/aromatic N) is 1. The molecule has 0 saturated heterocycles. The van der Waals surface area contributed by atoms with E-state index in [0.717, 1.165) is 12.0 Å².